The van der Waals surface area contributed by atoms with Crippen LogP contribution in [0.5, 0.6) is 0 Å². The maximum Gasteiger partial charge on any atom is 0.263 e. The van der Waals surface area contributed by atoms with Gasteiger partial charge in [-0.2, -0.15) is 5.26 Å². The smallest absolute Gasteiger partial charge is 0.263 e. The average Bonchev–Trinajstić information content (AvgIpc) is 3.11. The van der Waals surface area contributed by atoms with Crippen molar-refractivity contribution in [3.8, 4) is 6.07 Å². The third-order valence-electron chi connectivity index (χ3n) is 5.83. The Hall–Kier alpha value is -4.25. The van der Waals surface area contributed by atoms with E-state index >= 15 is 0 Å². The van der Waals surface area contributed by atoms with Gasteiger partial charge >= 0.3 is 0 Å². The fraction of sp³-hybridized carbons (Fsp3) is 0.269. The van der Waals surface area contributed by atoms with Gasteiger partial charge in [-0.05, 0) is 56.0 Å². The normalized spacial score (nSPS) is 17.0. The molecule has 0 spiro atoms. The molecule has 0 aliphatic carbocycles. The fourth-order valence-corrected chi connectivity index (χ4v) is 4.18. The maximum absolute atomic E-state index is 13.4. The molecule has 0 unspecified atom stereocenters. The van der Waals surface area contributed by atoms with E-state index in [9.17, 15) is 14.9 Å². The molecule has 174 valence electrons. The number of hydrogen-bond donors (Lipinski definition) is 3. The first-order chi connectivity index (χ1) is 16.4. The largest absolute Gasteiger partial charge is 0.461 e. The van der Waals surface area contributed by atoms with Crippen LogP contribution in [-0.4, -0.2) is 29.3 Å². The fourth-order valence-electron chi connectivity index (χ4n) is 4.18. The monoisotopic (exact) mass is 457 g/mol. The highest BCUT2D eigenvalue weighted by Gasteiger charge is 2.29. The summed E-state index contributed by atoms with van der Waals surface area (Å²) in [5, 5.41) is 16.7. The van der Waals surface area contributed by atoms with Gasteiger partial charge in [0.15, 0.2) is 5.57 Å². The van der Waals surface area contributed by atoms with Crippen molar-refractivity contribution in [1.82, 2.24) is 10.2 Å². The molecule has 2 aromatic carbocycles. The summed E-state index contributed by atoms with van der Waals surface area (Å²) in [6.45, 7) is 3.01. The van der Waals surface area contributed by atoms with Gasteiger partial charge in [0.25, 0.3) is 5.91 Å². The molecule has 4 rings (SSSR count). The van der Waals surface area contributed by atoms with Gasteiger partial charge in [-0.25, -0.2) is 0 Å². The highest BCUT2D eigenvalue weighted by atomic mass is 16.3. The molecule has 2 heterocycles. The van der Waals surface area contributed by atoms with Crippen LogP contribution in [0.25, 0.3) is 11.0 Å². The summed E-state index contributed by atoms with van der Waals surface area (Å²) in [5.41, 5.74) is 7.62. The number of rotatable bonds is 7. The Morgan fingerprint density at radius 1 is 1.21 bits per heavy atom. The van der Waals surface area contributed by atoms with Crippen LogP contribution in [0.15, 0.2) is 70.4 Å². The first-order valence-corrected chi connectivity index (χ1v) is 11.3. The Kier molecular flexibility index (Phi) is 6.83. The zero-order chi connectivity index (χ0) is 24.1. The Morgan fingerprint density at radius 3 is 2.74 bits per heavy atom. The summed E-state index contributed by atoms with van der Waals surface area (Å²) in [6, 6.07) is 18.4. The molecule has 3 aromatic rings. The van der Waals surface area contributed by atoms with Crippen molar-refractivity contribution >= 4 is 28.5 Å². The predicted molar refractivity (Wildman–Crippen MR) is 129 cm³/mol. The second kappa shape index (κ2) is 10.1. The van der Waals surface area contributed by atoms with E-state index in [4.69, 9.17) is 10.2 Å². The SMILES string of the molecule is Cc1cc2cc(N/C(N[C@H]3CCCCN(Cc4ccccc4)C3=O)=C(/C#N)C(N)=O)ccc2o1. The number of primary amides is 1. The van der Waals surface area contributed by atoms with E-state index in [2.05, 4.69) is 10.6 Å². The second-order valence-electron chi connectivity index (χ2n) is 8.40. The van der Waals surface area contributed by atoms with Gasteiger partial charge in [-0.15, -0.1) is 0 Å². The number of furan rings is 1. The summed E-state index contributed by atoms with van der Waals surface area (Å²) >= 11 is 0. The number of fused-ring (bicyclic) bond motifs is 1. The van der Waals surface area contributed by atoms with Crippen molar-refractivity contribution in [1.29, 1.82) is 5.26 Å². The van der Waals surface area contributed by atoms with Crippen molar-refractivity contribution in [3.05, 3.63) is 77.3 Å². The minimum absolute atomic E-state index is 0.0803. The molecular weight excluding hydrogens is 430 g/mol. The van der Waals surface area contributed by atoms with Crippen LogP contribution in [0.4, 0.5) is 5.69 Å². The maximum atomic E-state index is 13.4. The third-order valence-corrected chi connectivity index (χ3v) is 5.83. The number of aryl methyl sites for hydroxylation is 1. The van der Waals surface area contributed by atoms with Crippen molar-refractivity contribution in [3.63, 3.8) is 0 Å². The molecule has 1 aliphatic rings. The van der Waals surface area contributed by atoms with E-state index in [1.54, 1.807) is 12.1 Å². The Morgan fingerprint density at radius 2 is 2.00 bits per heavy atom. The molecule has 2 amide bonds. The number of nitriles is 1. The lowest BCUT2D eigenvalue weighted by Crippen LogP contribution is -2.46. The topological polar surface area (TPSA) is 124 Å². The summed E-state index contributed by atoms with van der Waals surface area (Å²) in [5.74, 6) is -0.0591. The third kappa shape index (κ3) is 5.21. The summed E-state index contributed by atoms with van der Waals surface area (Å²) in [4.78, 5) is 27.2. The highest BCUT2D eigenvalue weighted by Crippen LogP contribution is 2.24. The number of nitrogens with one attached hydrogen (secondary N) is 2. The first-order valence-electron chi connectivity index (χ1n) is 11.3. The van der Waals surface area contributed by atoms with Gasteiger partial charge in [0.1, 0.15) is 29.3 Å². The first kappa shape index (κ1) is 22.9. The molecule has 0 bridgehead atoms. The number of amides is 2. The quantitative estimate of drug-likeness (QED) is 0.368. The van der Waals surface area contributed by atoms with E-state index in [-0.39, 0.29) is 17.3 Å². The van der Waals surface area contributed by atoms with Crippen molar-refractivity contribution in [2.45, 2.75) is 38.8 Å². The number of nitrogens with two attached hydrogens (primary N) is 1. The van der Waals surface area contributed by atoms with E-state index in [0.717, 1.165) is 35.1 Å². The van der Waals surface area contributed by atoms with Crippen LogP contribution in [0.1, 0.15) is 30.6 Å². The van der Waals surface area contributed by atoms with Crippen molar-refractivity contribution in [2.75, 3.05) is 11.9 Å². The van der Waals surface area contributed by atoms with Crippen LogP contribution in [0.2, 0.25) is 0 Å². The molecule has 1 atom stereocenters. The Labute approximate surface area is 198 Å². The van der Waals surface area contributed by atoms with Crippen LogP contribution < -0.4 is 16.4 Å². The lowest BCUT2D eigenvalue weighted by atomic mass is 10.1. The molecule has 34 heavy (non-hydrogen) atoms. The molecule has 0 saturated carbocycles. The number of benzene rings is 2. The van der Waals surface area contributed by atoms with Crippen LogP contribution >= 0.6 is 0 Å². The van der Waals surface area contributed by atoms with Gasteiger partial charge in [-0.1, -0.05) is 30.3 Å². The van der Waals surface area contributed by atoms with Crippen molar-refractivity contribution < 1.29 is 14.0 Å². The lowest BCUT2D eigenvalue weighted by molar-refractivity contribution is -0.133. The average molecular weight is 458 g/mol. The number of hydrogen-bond acceptors (Lipinski definition) is 6. The predicted octanol–water partition coefficient (Wildman–Crippen LogP) is 3.54. The van der Waals surface area contributed by atoms with E-state index in [1.807, 2.05) is 60.4 Å². The molecule has 1 aliphatic heterocycles. The molecule has 8 heteroatoms. The number of carbonyl (C=O) groups excluding carboxylic acids is 2. The molecule has 8 nitrogen and oxygen atoms in total. The molecule has 0 radical (unpaired) electrons. The van der Waals surface area contributed by atoms with Crippen molar-refractivity contribution in [2.24, 2.45) is 5.73 Å². The molecule has 1 aromatic heterocycles. The minimum atomic E-state index is -0.875. The molecule has 1 saturated heterocycles. The van der Waals surface area contributed by atoms with Crippen LogP contribution in [0.3, 0.4) is 0 Å². The summed E-state index contributed by atoms with van der Waals surface area (Å²) in [6.07, 6.45) is 2.29. The molecular formula is C26H27N5O3. The summed E-state index contributed by atoms with van der Waals surface area (Å²) < 4.78 is 5.61. The number of likely N-dealkylation sites (tertiary alicyclic amines) is 1. The van der Waals surface area contributed by atoms with Crippen LogP contribution in [-0.2, 0) is 16.1 Å². The van der Waals surface area contributed by atoms with Gasteiger partial charge < -0.3 is 25.7 Å². The van der Waals surface area contributed by atoms with Gasteiger partial charge in [0.2, 0.25) is 5.91 Å². The zero-order valence-corrected chi connectivity index (χ0v) is 19.0. The Bertz CT molecular complexity index is 1270. The highest BCUT2D eigenvalue weighted by molar-refractivity contribution is 5.97. The zero-order valence-electron chi connectivity index (χ0n) is 19.0. The number of nitrogens with zero attached hydrogens (tertiary/aromatic N) is 2. The summed E-state index contributed by atoms with van der Waals surface area (Å²) in [7, 11) is 0. The standard InChI is InChI=1S/C26H27N5O3/c1-17-13-19-14-20(10-11-23(19)34-17)29-25(21(15-27)24(28)32)30-22-9-5-6-12-31(26(22)33)16-18-7-3-2-4-8-18/h2-4,7-8,10-11,13-14,22,29-30H,5-6,9,12,16H2,1H3,(H2,28,32)/b25-21+/t22-/m0/s1. The van der Waals surface area contributed by atoms with E-state index in [0.29, 0.717) is 25.2 Å². The molecule has 1 fully saturated rings. The lowest BCUT2D eigenvalue weighted by Gasteiger charge is -2.27. The number of carbonyl (C=O) groups is 2. The second-order valence-corrected chi connectivity index (χ2v) is 8.40. The van der Waals surface area contributed by atoms with E-state index in [1.165, 1.54) is 0 Å². The van der Waals surface area contributed by atoms with Gasteiger partial charge in [-0.3, -0.25) is 9.59 Å². The van der Waals surface area contributed by atoms with Gasteiger partial charge in [0, 0.05) is 24.2 Å². The van der Waals surface area contributed by atoms with Gasteiger partial charge in [0.05, 0.1) is 0 Å². The molecule has 4 N–H and O–H groups in total. The minimum Gasteiger partial charge on any atom is -0.461 e. The van der Waals surface area contributed by atoms with Crippen LogP contribution in [0, 0.1) is 18.3 Å². The number of anilines is 1. The van der Waals surface area contributed by atoms with E-state index < -0.39 is 11.9 Å². The Balaban J connectivity index is 1.60.